The number of carbonyl (C=O) groups is 1. The van der Waals surface area contributed by atoms with Gasteiger partial charge in [0.05, 0.1) is 17.6 Å². The summed E-state index contributed by atoms with van der Waals surface area (Å²) in [5.41, 5.74) is 0. The molecule has 17 heavy (non-hydrogen) atoms. The van der Waals surface area contributed by atoms with Crippen LogP contribution in [0, 0.1) is 11.8 Å². The van der Waals surface area contributed by atoms with E-state index in [-0.39, 0.29) is 29.8 Å². The molecular formula is C11H19NO4S. The molecule has 2 aliphatic rings. The lowest BCUT2D eigenvalue weighted by atomic mass is 10.1. The number of sulfone groups is 1. The van der Waals surface area contributed by atoms with Crippen molar-refractivity contribution in [3.05, 3.63) is 0 Å². The average Bonchev–Trinajstić information content (AvgIpc) is 3.02. The van der Waals surface area contributed by atoms with Crippen LogP contribution in [0.1, 0.15) is 25.7 Å². The zero-order chi connectivity index (χ0) is 12.5. The molecule has 1 aliphatic carbocycles. The summed E-state index contributed by atoms with van der Waals surface area (Å²) in [6, 6.07) is 0. The molecule has 2 unspecified atom stereocenters. The SMILES string of the molecule is O=C(CC1CCS(=O)(=O)C1)NCC(O)C1CC1. The molecule has 0 aromatic rings. The molecule has 6 heteroatoms. The van der Waals surface area contributed by atoms with Gasteiger partial charge in [-0.05, 0) is 31.1 Å². The lowest BCUT2D eigenvalue weighted by Gasteiger charge is -2.12. The van der Waals surface area contributed by atoms with Crippen LogP contribution in [0.3, 0.4) is 0 Å². The molecule has 1 heterocycles. The molecule has 2 atom stereocenters. The van der Waals surface area contributed by atoms with Crippen molar-refractivity contribution in [1.82, 2.24) is 5.32 Å². The second kappa shape index (κ2) is 4.94. The van der Waals surface area contributed by atoms with Crippen molar-refractivity contribution in [2.45, 2.75) is 31.8 Å². The van der Waals surface area contributed by atoms with Gasteiger partial charge >= 0.3 is 0 Å². The number of amides is 1. The maximum absolute atomic E-state index is 11.5. The Kier molecular flexibility index (Phi) is 3.73. The smallest absolute Gasteiger partial charge is 0.220 e. The highest BCUT2D eigenvalue weighted by Crippen LogP contribution is 2.32. The molecule has 2 fully saturated rings. The molecule has 0 aromatic heterocycles. The Bertz CT molecular complexity index is 388. The van der Waals surface area contributed by atoms with E-state index in [9.17, 15) is 18.3 Å². The summed E-state index contributed by atoms with van der Waals surface area (Å²) in [5.74, 6) is 0.494. The third-order valence-corrected chi connectivity index (χ3v) is 5.31. The Labute approximate surface area is 102 Å². The highest BCUT2D eigenvalue weighted by atomic mass is 32.2. The van der Waals surface area contributed by atoms with Crippen LogP contribution in [0.4, 0.5) is 0 Å². The summed E-state index contributed by atoms with van der Waals surface area (Å²) in [7, 11) is -2.91. The lowest BCUT2D eigenvalue weighted by molar-refractivity contribution is -0.122. The van der Waals surface area contributed by atoms with E-state index in [1.807, 2.05) is 0 Å². The number of aliphatic hydroxyl groups excluding tert-OH is 1. The average molecular weight is 261 g/mol. The Morgan fingerprint density at radius 1 is 1.35 bits per heavy atom. The molecule has 1 saturated heterocycles. The molecule has 2 rings (SSSR count). The van der Waals surface area contributed by atoms with Gasteiger partial charge in [-0.1, -0.05) is 0 Å². The zero-order valence-corrected chi connectivity index (χ0v) is 10.6. The van der Waals surface area contributed by atoms with E-state index >= 15 is 0 Å². The predicted molar refractivity (Wildman–Crippen MR) is 63.1 cm³/mol. The minimum absolute atomic E-state index is 0.0435. The van der Waals surface area contributed by atoms with Crippen LogP contribution in [0.15, 0.2) is 0 Å². The van der Waals surface area contributed by atoms with Crippen LogP contribution in [0.25, 0.3) is 0 Å². The highest BCUT2D eigenvalue weighted by molar-refractivity contribution is 7.91. The second-order valence-corrected chi connectivity index (χ2v) is 7.41. The molecule has 2 N–H and O–H groups in total. The van der Waals surface area contributed by atoms with E-state index in [0.717, 1.165) is 12.8 Å². The van der Waals surface area contributed by atoms with Gasteiger partial charge < -0.3 is 10.4 Å². The van der Waals surface area contributed by atoms with Crippen molar-refractivity contribution in [2.75, 3.05) is 18.1 Å². The first-order valence-electron chi connectivity index (χ1n) is 6.11. The van der Waals surface area contributed by atoms with Crippen molar-refractivity contribution >= 4 is 15.7 Å². The van der Waals surface area contributed by atoms with Crippen LogP contribution in [-0.4, -0.2) is 43.6 Å². The topological polar surface area (TPSA) is 83.5 Å². The summed E-state index contributed by atoms with van der Waals surface area (Å²) < 4.78 is 22.4. The zero-order valence-electron chi connectivity index (χ0n) is 9.76. The van der Waals surface area contributed by atoms with E-state index in [0.29, 0.717) is 18.9 Å². The van der Waals surface area contributed by atoms with Gasteiger partial charge in [0.2, 0.25) is 5.91 Å². The van der Waals surface area contributed by atoms with Crippen LogP contribution in [-0.2, 0) is 14.6 Å². The van der Waals surface area contributed by atoms with E-state index in [1.165, 1.54) is 0 Å². The Morgan fingerprint density at radius 3 is 2.59 bits per heavy atom. The van der Waals surface area contributed by atoms with Crippen molar-refractivity contribution in [3.63, 3.8) is 0 Å². The quantitative estimate of drug-likeness (QED) is 0.711. The Balaban J connectivity index is 1.67. The third-order valence-electron chi connectivity index (χ3n) is 3.48. The van der Waals surface area contributed by atoms with E-state index in [4.69, 9.17) is 0 Å². The highest BCUT2D eigenvalue weighted by Gasteiger charge is 2.31. The maximum Gasteiger partial charge on any atom is 0.220 e. The molecule has 1 aliphatic heterocycles. The van der Waals surface area contributed by atoms with Crippen LogP contribution >= 0.6 is 0 Å². The van der Waals surface area contributed by atoms with Gasteiger partial charge in [-0.15, -0.1) is 0 Å². The molecule has 0 aromatic carbocycles. The summed E-state index contributed by atoms with van der Waals surface area (Å²) in [5, 5.41) is 12.2. The van der Waals surface area contributed by atoms with Gasteiger partial charge in [-0.25, -0.2) is 8.42 Å². The first-order valence-corrected chi connectivity index (χ1v) is 7.93. The van der Waals surface area contributed by atoms with Gasteiger partial charge in [0.15, 0.2) is 9.84 Å². The van der Waals surface area contributed by atoms with E-state index < -0.39 is 15.9 Å². The minimum atomic E-state index is -2.91. The Morgan fingerprint density at radius 2 is 2.06 bits per heavy atom. The molecule has 5 nitrogen and oxygen atoms in total. The minimum Gasteiger partial charge on any atom is -0.391 e. The molecule has 98 valence electrons. The summed E-state index contributed by atoms with van der Waals surface area (Å²) in [6.45, 7) is 0.295. The summed E-state index contributed by atoms with van der Waals surface area (Å²) >= 11 is 0. The van der Waals surface area contributed by atoms with E-state index in [2.05, 4.69) is 5.32 Å². The second-order valence-electron chi connectivity index (χ2n) is 5.18. The monoisotopic (exact) mass is 261 g/mol. The first-order chi connectivity index (χ1) is 7.96. The summed E-state index contributed by atoms with van der Waals surface area (Å²) in [4.78, 5) is 11.5. The first kappa shape index (κ1) is 12.8. The van der Waals surface area contributed by atoms with Gasteiger partial charge in [-0.3, -0.25) is 4.79 Å². The Hall–Kier alpha value is -0.620. The van der Waals surface area contributed by atoms with Gasteiger partial charge in [0, 0.05) is 13.0 Å². The third kappa shape index (κ3) is 3.96. The van der Waals surface area contributed by atoms with Crippen molar-refractivity contribution in [1.29, 1.82) is 0 Å². The van der Waals surface area contributed by atoms with Crippen molar-refractivity contribution in [2.24, 2.45) is 11.8 Å². The fourth-order valence-corrected chi connectivity index (χ4v) is 4.10. The fraction of sp³-hybridized carbons (Fsp3) is 0.909. The van der Waals surface area contributed by atoms with Crippen LogP contribution in [0.2, 0.25) is 0 Å². The van der Waals surface area contributed by atoms with Gasteiger partial charge in [0.1, 0.15) is 0 Å². The summed E-state index contributed by atoms with van der Waals surface area (Å²) in [6.07, 6.45) is 2.49. The van der Waals surface area contributed by atoms with Crippen LogP contribution in [0.5, 0.6) is 0 Å². The number of hydrogen-bond acceptors (Lipinski definition) is 4. The molecule has 1 amide bonds. The number of hydrogen-bond donors (Lipinski definition) is 2. The largest absolute Gasteiger partial charge is 0.391 e. The number of nitrogens with one attached hydrogen (secondary N) is 1. The lowest BCUT2D eigenvalue weighted by Crippen LogP contribution is -2.34. The van der Waals surface area contributed by atoms with Gasteiger partial charge in [-0.2, -0.15) is 0 Å². The van der Waals surface area contributed by atoms with Crippen molar-refractivity contribution < 1.29 is 18.3 Å². The number of rotatable bonds is 5. The predicted octanol–water partition coefficient (Wildman–Crippen LogP) is -0.302. The normalized spacial score (nSPS) is 28.9. The number of aliphatic hydroxyl groups is 1. The van der Waals surface area contributed by atoms with Gasteiger partial charge in [0.25, 0.3) is 0 Å². The molecule has 0 bridgehead atoms. The molecule has 0 spiro atoms. The number of carbonyl (C=O) groups excluding carboxylic acids is 1. The molecule has 1 saturated carbocycles. The van der Waals surface area contributed by atoms with Crippen molar-refractivity contribution in [3.8, 4) is 0 Å². The molecule has 0 radical (unpaired) electrons. The fourth-order valence-electron chi connectivity index (χ4n) is 2.23. The van der Waals surface area contributed by atoms with E-state index in [1.54, 1.807) is 0 Å². The standard InChI is InChI=1S/C11H19NO4S/c13-10(9-1-2-9)6-12-11(14)5-8-3-4-17(15,16)7-8/h8-10,13H,1-7H2,(H,12,14). The molecular weight excluding hydrogens is 242 g/mol. The van der Waals surface area contributed by atoms with Crippen LogP contribution < -0.4 is 5.32 Å². The maximum atomic E-state index is 11.5.